The molecule has 2 N–H and O–H groups in total. The summed E-state index contributed by atoms with van der Waals surface area (Å²) >= 11 is 0. The van der Waals surface area contributed by atoms with E-state index in [9.17, 15) is 41.8 Å². The zero-order valence-corrected chi connectivity index (χ0v) is 23.3. The van der Waals surface area contributed by atoms with Crippen molar-refractivity contribution in [3.05, 3.63) is 93.8 Å². The average Bonchev–Trinajstić information content (AvgIpc) is 3.48. The molecule has 2 fully saturated rings. The number of aromatic carboxylic acids is 1. The Kier molecular flexibility index (Phi) is 9.00. The van der Waals surface area contributed by atoms with Crippen LogP contribution in [-0.4, -0.2) is 39.6 Å². The number of likely N-dealkylation sites (tertiary alicyclic amines) is 1. The molecule has 5 rings (SSSR count). The minimum absolute atomic E-state index is 0.0303. The summed E-state index contributed by atoms with van der Waals surface area (Å²) < 4.78 is 70.3. The van der Waals surface area contributed by atoms with Crippen molar-refractivity contribution in [3.8, 4) is 5.75 Å². The molecule has 2 aliphatic rings. The Morgan fingerprint density at radius 1 is 0.814 bits per heavy atom. The van der Waals surface area contributed by atoms with Crippen LogP contribution in [0, 0.1) is 29.1 Å². The van der Waals surface area contributed by atoms with Gasteiger partial charge < -0.3 is 15.1 Å². The molecule has 0 spiro atoms. The van der Waals surface area contributed by atoms with E-state index in [1.54, 1.807) is 0 Å². The van der Waals surface area contributed by atoms with Gasteiger partial charge in [0.1, 0.15) is 11.3 Å². The number of phenols is 1. The topological polar surface area (TPSA) is 81.1 Å². The number of hydrogen-bond donors (Lipinski definition) is 2. The van der Waals surface area contributed by atoms with E-state index in [4.69, 9.17) is 0 Å². The molecule has 1 saturated heterocycles. The van der Waals surface area contributed by atoms with Gasteiger partial charge in [0.2, 0.25) is 11.7 Å². The number of amides is 1. The van der Waals surface area contributed by atoms with Gasteiger partial charge in [-0.15, -0.1) is 0 Å². The number of carbonyl (C=O) groups is 2. The van der Waals surface area contributed by atoms with Crippen LogP contribution in [0.2, 0.25) is 0 Å². The van der Waals surface area contributed by atoms with E-state index < -0.39 is 64.9 Å². The highest BCUT2D eigenvalue weighted by Crippen LogP contribution is 2.34. The zero-order chi connectivity index (χ0) is 30.8. The normalized spacial score (nSPS) is 17.7. The number of hydrogen-bond acceptors (Lipinski definition) is 4. The van der Waals surface area contributed by atoms with E-state index in [-0.39, 0.29) is 30.8 Å². The van der Waals surface area contributed by atoms with Crippen LogP contribution < -0.4 is 4.90 Å². The molecule has 11 heteroatoms. The first-order chi connectivity index (χ1) is 20.6. The third-order valence-corrected chi connectivity index (χ3v) is 8.50. The first kappa shape index (κ1) is 30.5. The van der Waals surface area contributed by atoms with Gasteiger partial charge in [-0.05, 0) is 61.4 Å². The molecule has 0 radical (unpaired) electrons. The van der Waals surface area contributed by atoms with Crippen molar-refractivity contribution in [3.63, 3.8) is 0 Å². The van der Waals surface area contributed by atoms with Gasteiger partial charge in [-0.2, -0.15) is 0 Å². The van der Waals surface area contributed by atoms with Crippen LogP contribution in [0.1, 0.15) is 77.9 Å². The maximum atomic E-state index is 14.5. The fourth-order valence-electron chi connectivity index (χ4n) is 6.15. The van der Waals surface area contributed by atoms with Gasteiger partial charge in [0, 0.05) is 23.9 Å². The Morgan fingerprint density at radius 2 is 1.44 bits per heavy atom. The number of benzene rings is 3. The lowest BCUT2D eigenvalue weighted by molar-refractivity contribution is -0.123. The first-order valence-corrected chi connectivity index (χ1v) is 14.3. The Morgan fingerprint density at radius 3 is 2.05 bits per heavy atom. The lowest BCUT2D eigenvalue weighted by Crippen LogP contribution is -2.45. The molecule has 0 aromatic heterocycles. The predicted molar refractivity (Wildman–Crippen MR) is 148 cm³/mol. The van der Waals surface area contributed by atoms with Gasteiger partial charge in [0.25, 0.3) is 0 Å². The summed E-state index contributed by atoms with van der Waals surface area (Å²) in [5, 5.41) is 19.7. The van der Waals surface area contributed by atoms with Crippen LogP contribution >= 0.6 is 0 Å². The van der Waals surface area contributed by atoms with Gasteiger partial charge in [-0.1, -0.05) is 43.5 Å². The highest BCUT2D eigenvalue weighted by molar-refractivity contribution is 5.98. The molecule has 1 aliphatic carbocycles. The number of carbonyl (C=O) groups excluding carboxylic acids is 1. The summed E-state index contributed by atoms with van der Waals surface area (Å²) in [6.07, 6.45) is 6.48. The predicted octanol–water partition coefficient (Wildman–Crippen LogP) is 7.03. The third-order valence-electron chi connectivity index (χ3n) is 8.50. The summed E-state index contributed by atoms with van der Waals surface area (Å²) in [6.45, 7) is -0.485. The number of aromatic hydroxyl groups is 1. The molecule has 6 nitrogen and oxygen atoms in total. The van der Waals surface area contributed by atoms with Crippen LogP contribution in [0.15, 0.2) is 42.5 Å². The second-order valence-electron chi connectivity index (χ2n) is 11.2. The summed E-state index contributed by atoms with van der Waals surface area (Å²) in [4.78, 5) is 28.2. The van der Waals surface area contributed by atoms with E-state index in [1.165, 1.54) is 46.8 Å². The molecule has 3 aromatic carbocycles. The minimum Gasteiger partial charge on any atom is -0.507 e. The fraction of sp³-hybridized carbons (Fsp3) is 0.375. The second kappa shape index (κ2) is 12.7. The quantitative estimate of drug-likeness (QED) is 0.164. The molecule has 1 aliphatic heterocycles. The highest BCUT2D eigenvalue weighted by Gasteiger charge is 2.37. The van der Waals surface area contributed by atoms with Crippen LogP contribution in [0.5, 0.6) is 5.75 Å². The molecular weight excluding hydrogens is 571 g/mol. The van der Waals surface area contributed by atoms with Crippen molar-refractivity contribution < 1.29 is 41.8 Å². The van der Waals surface area contributed by atoms with Crippen molar-refractivity contribution in [1.29, 1.82) is 0 Å². The van der Waals surface area contributed by atoms with Gasteiger partial charge in [-0.25, -0.2) is 26.7 Å². The van der Waals surface area contributed by atoms with Crippen molar-refractivity contribution >= 4 is 17.6 Å². The molecule has 3 aromatic rings. The molecule has 0 bridgehead atoms. The third kappa shape index (κ3) is 6.22. The zero-order valence-electron chi connectivity index (χ0n) is 23.3. The summed E-state index contributed by atoms with van der Waals surface area (Å²) in [5.74, 6) is -12.2. The van der Waals surface area contributed by atoms with Gasteiger partial charge in [0.05, 0.1) is 12.6 Å². The monoisotopic (exact) mass is 602 g/mol. The van der Waals surface area contributed by atoms with Crippen LogP contribution in [-0.2, 0) is 17.9 Å². The molecule has 1 atom stereocenters. The van der Waals surface area contributed by atoms with Gasteiger partial charge in [0.15, 0.2) is 23.3 Å². The van der Waals surface area contributed by atoms with E-state index in [1.807, 2.05) is 24.3 Å². The Bertz CT molecular complexity index is 1500. The number of halogens is 5. The Labute approximate surface area is 245 Å². The van der Waals surface area contributed by atoms with Crippen LogP contribution in [0.4, 0.5) is 27.6 Å². The summed E-state index contributed by atoms with van der Waals surface area (Å²) in [7, 11) is 0. The molecule has 0 unspecified atom stereocenters. The largest absolute Gasteiger partial charge is 0.507 e. The Hall–Kier alpha value is -3.99. The van der Waals surface area contributed by atoms with Crippen LogP contribution in [0.25, 0.3) is 0 Å². The molecule has 1 heterocycles. The minimum atomic E-state index is -2.25. The molecule has 228 valence electrons. The van der Waals surface area contributed by atoms with Crippen molar-refractivity contribution in [2.75, 3.05) is 11.4 Å². The van der Waals surface area contributed by atoms with Crippen molar-refractivity contribution in [2.24, 2.45) is 0 Å². The number of anilines is 1. The number of rotatable bonds is 8. The maximum Gasteiger partial charge on any atom is 0.339 e. The highest BCUT2D eigenvalue weighted by atomic mass is 19.2. The van der Waals surface area contributed by atoms with Crippen molar-refractivity contribution in [1.82, 2.24) is 4.90 Å². The maximum absolute atomic E-state index is 14.5. The lowest BCUT2D eigenvalue weighted by atomic mass is 9.84. The van der Waals surface area contributed by atoms with Gasteiger partial charge >= 0.3 is 5.97 Å². The number of carboxylic acid groups (broad SMARTS) is 1. The molecular formula is C32H31F5N2O4. The smallest absolute Gasteiger partial charge is 0.339 e. The number of carboxylic acids is 1. The summed E-state index contributed by atoms with van der Waals surface area (Å²) in [5.41, 5.74) is 0.756. The van der Waals surface area contributed by atoms with E-state index in [0.717, 1.165) is 24.5 Å². The van der Waals surface area contributed by atoms with Crippen molar-refractivity contribution in [2.45, 2.75) is 70.0 Å². The molecule has 43 heavy (non-hydrogen) atoms. The van der Waals surface area contributed by atoms with Gasteiger partial charge in [-0.3, -0.25) is 9.69 Å². The SMILES string of the molecule is O=C(O)c1ccc(N(Cc2ccc(C3CCCCC3)cc2)C(=O)[C@H]2CCCN2Cc2c(F)c(F)c(F)c(F)c2F)cc1O. The van der Waals surface area contributed by atoms with E-state index in [0.29, 0.717) is 12.3 Å². The Balaban J connectivity index is 1.45. The first-order valence-electron chi connectivity index (χ1n) is 14.3. The van der Waals surface area contributed by atoms with E-state index in [2.05, 4.69) is 0 Å². The van der Waals surface area contributed by atoms with E-state index >= 15 is 0 Å². The summed E-state index contributed by atoms with van der Waals surface area (Å²) in [6, 6.07) is 10.6. The van der Waals surface area contributed by atoms with Crippen LogP contribution in [0.3, 0.4) is 0 Å². The second-order valence-corrected chi connectivity index (χ2v) is 11.2. The fourth-order valence-corrected chi connectivity index (χ4v) is 6.15. The molecule has 1 amide bonds. The standard InChI is InChI=1S/C32H31F5N2O4/c33-26-23(27(34)29(36)30(37)28(26)35)17-38-14-4-7-24(38)31(41)39(21-12-13-22(32(42)43)25(40)15-21)16-18-8-10-20(11-9-18)19-5-2-1-3-6-19/h8-13,15,19,24,40H,1-7,14,16-17H2,(H,42,43)/t24-/m1/s1. The molecule has 1 saturated carbocycles. The average molecular weight is 603 g/mol. The lowest BCUT2D eigenvalue weighted by Gasteiger charge is -2.31. The number of nitrogens with zero attached hydrogens (tertiary/aromatic N) is 2.